The van der Waals surface area contributed by atoms with Crippen LogP contribution in [0, 0.1) is 0 Å². The van der Waals surface area contributed by atoms with Crippen molar-refractivity contribution >= 4 is 12.7 Å². The zero-order valence-electron chi connectivity index (χ0n) is 8.30. The van der Waals surface area contributed by atoms with Crippen LogP contribution in [0.3, 0.4) is 0 Å². The van der Waals surface area contributed by atoms with Crippen molar-refractivity contribution in [3.05, 3.63) is 0 Å². The summed E-state index contributed by atoms with van der Waals surface area (Å²) in [5, 5.41) is 8.26. The zero-order valence-corrected chi connectivity index (χ0v) is 8.30. The molecule has 0 aromatic heterocycles. The van der Waals surface area contributed by atoms with E-state index in [1.54, 1.807) is 0 Å². The van der Waals surface area contributed by atoms with Crippen LogP contribution in [-0.2, 0) is 9.63 Å². The average molecular weight is 216 g/mol. The number of hydrogen-bond donors (Lipinski definition) is 4. The molecular formula is C7H16N6O2. The van der Waals surface area contributed by atoms with Gasteiger partial charge < -0.3 is 11.1 Å². The fourth-order valence-corrected chi connectivity index (χ4v) is 1.48. The molecular weight excluding hydrogens is 200 g/mol. The lowest BCUT2D eigenvalue weighted by Gasteiger charge is -2.18. The number of hydrazone groups is 1. The first-order valence-electron chi connectivity index (χ1n) is 4.60. The van der Waals surface area contributed by atoms with Gasteiger partial charge in [-0.3, -0.25) is 9.63 Å². The van der Waals surface area contributed by atoms with Crippen LogP contribution in [0.25, 0.3) is 0 Å². The van der Waals surface area contributed by atoms with E-state index in [1.807, 2.05) is 0 Å². The fraction of sp³-hybridized carbons (Fsp3) is 0.714. The van der Waals surface area contributed by atoms with Crippen molar-refractivity contribution in [3.63, 3.8) is 0 Å². The maximum Gasteiger partial charge on any atom is 0.230 e. The van der Waals surface area contributed by atoms with Gasteiger partial charge in [-0.15, -0.1) is 0 Å². The lowest BCUT2D eigenvalue weighted by Crippen LogP contribution is -2.38. The Bertz CT molecular complexity index is 224. The van der Waals surface area contributed by atoms with Crippen LogP contribution in [0.1, 0.15) is 6.42 Å². The van der Waals surface area contributed by atoms with Gasteiger partial charge in [0.2, 0.25) is 6.41 Å². The molecule has 1 aliphatic heterocycles. The van der Waals surface area contributed by atoms with Crippen molar-refractivity contribution < 1.29 is 9.63 Å². The predicted molar refractivity (Wildman–Crippen MR) is 54.1 cm³/mol. The van der Waals surface area contributed by atoms with Gasteiger partial charge in [-0.05, 0) is 6.42 Å². The summed E-state index contributed by atoms with van der Waals surface area (Å²) in [7, 11) is 0. The number of nitrogens with zero attached hydrogens (tertiary/aromatic N) is 2. The summed E-state index contributed by atoms with van der Waals surface area (Å²) in [5.74, 6) is 5.61. The van der Waals surface area contributed by atoms with E-state index >= 15 is 0 Å². The summed E-state index contributed by atoms with van der Waals surface area (Å²) < 4.78 is 0. The minimum Gasteiger partial charge on any atom is -0.388 e. The van der Waals surface area contributed by atoms with Gasteiger partial charge in [0, 0.05) is 12.6 Å². The van der Waals surface area contributed by atoms with Gasteiger partial charge in [-0.1, -0.05) is 0 Å². The van der Waals surface area contributed by atoms with Gasteiger partial charge >= 0.3 is 0 Å². The van der Waals surface area contributed by atoms with Gasteiger partial charge in [-0.2, -0.15) is 5.10 Å². The molecule has 8 nitrogen and oxygen atoms in total. The van der Waals surface area contributed by atoms with Gasteiger partial charge in [-0.25, -0.2) is 16.4 Å². The Hall–Kier alpha value is -1.38. The standard InChI is InChI=1S/C7H16N6O2/c8-4-11-13(9)7-1-6(10-2-7)3-15-12-5-14/h4-7,10H,1-3,9H2,(H2,8,11)(H,12,14)/t6-,7?/m1/s1. The van der Waals surface area contributed by atoms with E-state index < -0.39 is 0 Å². The Kier molecular flexibility index (Phi) is 4.81. The van der Waals surface area contributed by atoms with Crippen molar-refractivity contribution in [2.45, 2.75) is 18.5 Å². The Morgan fingerprint density at radius 3 is 3.20 bits per heavy atom. The van der Waals surface area contributed by atoms with Crippen LogP contribution in [0.5, 0.6) is 0 Å². The third kappa shape index (κ3) is 3.70. The number of carbonyl (C=O) groups excluding carboxylic acids is 1. The molecule has 1 aliphatic rings. The molecule has 1 fully saturated rings. The molecule has 0 saturated carbocycles. The van der Waals surface area contributed by atoms with E-state index in [2.05, 4.69) is 15.9 Å². The first kappa shape index (κ1) is 11.7. The molecule has 0 aliphatic carbocycles. The predicted octanol–water partition coefficient (Wildman–Crippen LogP) is -2.53. The lowest BCUT2D eigenvalue weighted by atomic mass is 10.2. The monoisotopic (exact) mass is 216 g/mol. The maximum absolute atomic E-state index is 9.92. The highest BCUT2D eigenvalue weighted by atomic mass is 16.6. The van der Waals surface area contributed by atoms with Crippen LogP contribution < -0.4 is 22.4 Å². The van der Waals surface area contributed by atoms with E-state index in [1.165, 1.54) is 5.12 Å². The highest BCUT2D eigenvalue weighted by Gasteiger charge is 2.27. The quantitative estimate of drug-likeness (QED) is 0.0971. The molecule has 0 aromatic rings. The van der Waals surface area contributed by atoms with Crippen molar-refractivity contribution in [1.29, 1.82) is 0 Å². The Morgan fingerprint density at radius 2 is 2.53 bits per heavy atom. The molecule has 0 bridgehead atoms. The first-order valence-corrected chi connectivity index (χ1v) is 4.60. The summed E-state index contributed by atoms with van der Waals surface area (Å²) in [4.78, 5) is 14.8. The number of carbonyl (C=O) groups is 1. The number of amides is 1. The van der Waals surface area contributed by atoms with Gasteiger partial charge in [0.1, 0.15) is 6.34 Å². The summed E-state index contributed by atoms with van der Waals surface area (Å²) in [5.41, 5.74) is 7.25. The number of rotatable bonds is 6. The Balaban J connectivity index is 2.22. The summed E-state index contributed by atoms with van der Waals surface area (Å²) >= 11 is 0. The molecule has 0 aromatic carbocycles. The zero-order chi connectivity index (χ0) is 11.1. The number of nitrogens with one attached hydrogen (secondary N) is 2. The second-order valence-corrected chi connectivity index (χ2v) is 3.19. The molecule has 1 unspecified atom stereocenters. The molecule has 8 heteroatoms. The molecule has 0 spiro atoms. The molecule has 86 valence electrons. The second-order valence-electron chi connectivity index (χ2n) is 3.19. The molecule has 6 N–H and O–H groups in total. The summed E-state index contributed by atoms with van der Waals surface area (Å²) in [6.45, 7) is 1.11. The minimum absolute atomic E-state index is 0.0923. The van der Waals surface area contributed by atoms with Crippen LogP contribution in [0.15, 0.2) is 5.10 Å². The molecule has 1 heterocycles. The van der Waals surface area contributed by atoms with Gasteiger partial charge in [0.25, 0.3) is 0 Å². The lowest BCUT2D eigenvalue weighted by molar-refractivity contribution is -0.121. The van der Waals surface area contributed by atoms with Crippen molar-refractivity contribution in [2.24, 2.45) is 16.7 Å². The molecule has 15 heavy (non-hydrogen) atoms. The Labute approximate surface area is 87.5 Å². The summed E-state index contributed by atoms with van der Waals surface area (Å²) in [6.07, 6.45) is 2.42. The SMILES string of the molecule is N/C=N\N(N)C1CN[C@@H](CONC=O)C1. The number of nitrogens with two attached hydrogens (primary N) is 2. The van der Waals surface area contributed by atoms with Crippen molar-refractivity contribution in [1.82, 2.24) is 15.9 Å². The first-order chi connectivity index (χ1) is 7.27. The third-order valence-corrected chi connectivity index (χ3v) is 2.19. The normalized spacial score (nSPS) is 25.7. The molecule has 1 amide bonds. The van der Waals surface area contributed by atoms with Gasteiger partial charge in [0.15, 0.2) is 0 Å². The molecule has 1 saturated heterocycles. The molecule has 0 radical (unpaired) electrons. The smallest absolute Gasteiger partial charge is 0.230 e. The van der Waals surface area contributed by atoms with Gasteiger partial charge in [0.05, 0.1) is 12.6 Å². The third-order valence-electron chi connectivity index (χ3n) is 2.19. The van der Waals surface area contributed by atoms with Crippen molar-refractivity contribution in [2.75, 3.05) is 13.2 Å². The van der Waals surface area contributed by atoms with E-state index in [0.717, 1.165) is 12.8 Å². The molecule has 1 rings (SSSR count). The number of hydroxylamine groups is 1. The second kappa shape index (κ2) is 6.17. The van der Waals surface area contributed by atoms with E-state index in [-0.39, 0.29) is 12.1 Å². The van der Waals surface area contributed by atoms with Crippen LogP contribution in [0.4, 0.5) is 0 Å². The molecule has 2 atom stereocenters. The summed E-state index contributed by atoms with van der Waals surface area (Å²) in [6, 6.07) is 0.246. The average Bonchev–Trinajstić information content (AvgIpc) is 2.67. The van der Waals surface area contributed by atoms with Crippen LogP contribution in [-0.4, -0.2) is 43.1 Å². The maximum atomic E-state index is 9.92. The van der Waals surface area contributed by atoms with Crippen LogP contribution >= 0.6 is 0 Å². The number of hydrazine groups is 1. The topological polar surface area (TPSA) is 118 Å². The van der Waals surface area contributed by atoms with Crippen molar-refractivity contribution in [3.8, 4) is 0 Å². The highest BCUT2D eigenvalue weighted by molar-refractivity contribution is 5.50. The Morgan fingerprint density at radius 1 is 1.73 bits per heavy atom. The van der Waals surface area contributed by atoms with Crippen LogP contribution in [0.2, 0.25) is 0 Å². The highest BCUT2D eigenvalue weighted by Crippen LogP contribution is 2.10. The van der Waals surface area contributed by atoms with E-state index in [9.17, 15) is 4.79 Å². The minimum atomic E-state index is 0.0923. The van der Waals surface area contributed by atoms with E-state index in [4.69, 9.17) is 16.4 Å². The number of hydrogen-bond acceptors (Lipinski definition) is 6. The van der Waals surface area contributed by atoms with E-state index in [0.29, 0.717) is 19.6 Å². The fourth-order valence-electron chi connectivity index (χ4n) is 1.48. The largest absolute Gasteiger partial charge is 0.388 e.